The van der Waals surface area contributed by atoms with Crippen LogP contribution >= 0.6 is 11.6 Å². The minimum Gasteiger partial charge on any atom is -0.392 e. The summed E-state index contributed by atoms with van der Waals surface area (Å²) in [6, 6.07) is 6.27. The maximum atomic E-state index is 9.84. The van der Waals surface area contributed by atoms with E-state index < -0.39 is 0 Å². The first-order valence-electron chi connectivity index (χ1n) is 7.78. The van der Waals surface area contributed by atoms with E-state index in [9.17, 15) is 5.11 Å². The quantitative estimate of drug-likeness (QED) is 0.840. The Hall–Kier alpha value is -0.810. The zero-order valence-electron chi connectivity index (χ0n) is 12.8. The fourth-order valence-corrected chi connectivity index (χ4v) is 3.22. The molecule has 1 aliphatic heterocycles. The number of aliphatic hydroxyl groups is 1. The Morgan fingerprint density at radius 3 is 2.62 bits per heavy atom. The molecule has 1 saturated heterocycles. The zero-order chi connectivity index (χ0) is 15.2. The minimum atomic E-state index is -0.312. The van der Waals surface area contributed by atoms with Gasteiger partial charge in [0.25, 0.3) is 0 Å². The van der Waals surface area contributed by atoms with Crippen molar-refractivity contribution in [3.05, 3.63) is 28.8 Å². The second-order valence-corrected chi connectivity index (χ2v) is 6.00. The van der Waals surface area contributed by atoms with Gasteiger partial charge in [-0.2, -0.15) is 0 Å². The second-order valence-electron chi connectivity index (χ2n) is 5.62. The first kappa shape index (κ1) is 16.6. The standard InChI is InChI=1S/C16H26ClN3O/c1-2-13-4-3-5-15(16(13)17)20-10-8-19(9-11-20)12-14(21)6-7-18/h3-5,14,21H,2,6-12,18H2,1H3/t14-/m0/s1. The van der Waals surface area contributed by atoms with Gasteiger partial charge < -0.3 is 15.7 Å². The molecule has 5 heteroatoms. The van der Waals surface area contributed by atoms with Crippen LogP contribution in [0.4, 0.5) is 5.69 Å². The molecule has 3 N–H and O–H groups in total. The predicted octanol–water partition coefficient (Wildman–Crippen LogP) is 1.73. The van der Waals surface area contributed by atoms with E-state index in [1.807, 2.05) is 0 Å². The number of piperazine rings is 1. The highest BCUT2D eigenvalue weighted by Crippen LogP contribution is 2.30. The van der Waals surface area contributed by atoms with Gasteiger partial charge >= 0.3 is 0 Å². The van der Waals surface area contributed by atoms with Crippen molar-refractivity contribution in [2.24, 2.45) is 5.73 Å². The Morgan fingerprint density at radius 1 is 1.29 bits per heavy atom. The number of hydrogen-bond acceptors (Lipinski definition) is 4. The normalized spacial score (nSPS) is 18.0. The van der Waals surface area contributed by atoms with Crippen molar-refractivity contribution in [2.75, 3.05) is 44.2 Å². The third-order valence-corrected chi connectivity index (χ3v) is 4.56. The van der Waals surface area contributed by atoms with E-state index in [4.69, 9.17) is 17.3 Å². The number of anilines is 1. The Kier molecular flexibility index (Phi) is 6.30. The summed E-state index contributed by atoms with van der Waals surface area (Å²) in [7, 11) is 0. The van der Waals surface area contributed by atoms with E-state index in [1.165, 1.54) is 5.56 Å². The molecule has 0 amide bonds. The maximum absolute atomic E-state index is 9.84. The first-order valence-corrected chi connectivity index (χ1v) is 8.16. The Morgan fingerprint density at radius 2 is 2.00 bits per heavy atom. The van der Waals surface area contributed by atoms with Crippen molar-refractivity contribution in [2.45, 2.75) is 25.9 Å². The number of nitrogens with zero attached hydrogens (tertiary/aromatic N) is 2. The average molecular weight is 312 g/mol. The highest BCUT2D eigenvalue weighted by atomic mass is 35.5. The molecule has 0 unspecified atom stereocenters. The van der Waals surface area contributed by atoms with Gasteiger partial charge in [0, 0.05) is 32.7 Å². The second kappa shape index (κ2) is 7.99. The summed E-state index contributed by atoms with van der Waals surface area (Å²) in [4.78, 5) is 4.64. The molecule has 1 fully saturated rings. The van der Waals surface area contributed by atoms with Crippen LogP contribution in [0.3, 0.4) is 0 Å². The first-order chi connectivity index (χ1) is 10.2. The number of halogens is 1. The van der Waals surface area contributed by atoms with Gasteiger partial charge in [0.15, 0.2) is 0 Å². The van der Waals surface area contributed by atoms with E-state index in [2.05, 4.69) is 34.9 Å². The summed E-state index contributed by atoms with van der Waals surface area (Å²) in [6.45, 7) is 7.18. The monoisotopic (exact) mass is 311 g/mol. The summed E-state index contributed by atoms with van der Waals surface area (Å²) in [5.41, 5.74) is 7.82. The summed E-state index contributed by atoms with van der Waals surface area (Å²) in [5, 5.41) is 10.7. The fraction of sp³-hybridized carbons (Fsp3) is 0.625. The molecular weight excluding hydrogens is 286 g/mol. The lowest BCUT2D eigenvalue weighted by molar-refractivity contribution is 0.104. The molecule has 2 rings (SSSR count). The van der Waals surface area contributed by atoms with Gasteiger partial charge in [-0.15, -0.1) is 0 Å². The summed E-state index contributed by atoms with van der Waals surface area (Å²) >= 11 is 6.50. The Balaban J connectivity index is 1.92. The van der Waals surface area contributed by atoms with Crippen LogP contribution in [0, 0.1) is 0 Å². The van der Waals surface area contributed by atoms with Crippen molar-refractivity contribution in [1.82, 2.24) is 4.90 Å². The molecule has 0 aliphatic carbocycles. The van der Waals surface area contributed by atoms with Crippen LogP contribution in [0.15, 0.2) is 18.2 Å². The number of nitrogens with two attached hydrogens (primary N) is 1. The fourth-order valence-electron chi connectivity index (χ4n) is 2.84. The summed E-state index contributed by atoms with van der Waals surface area (Å²) < 4.78 is 0. The van der Waals surface area contributed by atoms with Crippen LogP contribution in [-0.2, 0) is 6.42 Å². The predicted molar refractivity (Wildman–Crippen MR) is 89.2 cm³/mol. The van der Waals surface area contributed by atoms with Crippen molar-refractivity contribution >= 4 is 17.3 Å². The van der Waals surface area contributed by atoms with Gasteiger partial charge in [-0.3, -0.25) is 4.90 Å². The number of benzene rings is 1. The molecule has 1 aliphatic rings. The number of β-amino-alcohol motifs (C(OH)–C–C–N with tert-alkyl or cyclic N) is 1. The van der Waals surface area contributed by atoms with Crippen molar-refractivity contribution in [1.29, 1.82) is 0 Å². The molecule has 0 bridgehead atoms. The zero-order valence-corrected chi connectivity index (χ0v) is 13.5. The van der Waals surface area contributed by atoms with Crippen molar-refractivity contribution < 1.29 is 5.11 Å². The van der Waals surface area contributed by atoms with E-state index in [-0.39, 0.29) is 6.10 Å². The van der Waals surface area contributed by atoms with Gasteiger partial charge in [0.2, 0.25) is 0 Å². The van der Waals surface area contributed by atoms with Gasteiger partial charge in [-0.25, -0.2) is 0 Å². The summed E-state index contributed by atoms with van der Waals surface area (Å²) in [5.74, 6) is 0. The number of hydrogen-bond donors (Lipinski definition) is 2. The third kappa shape index (κ3) is 4.33. The van der Waals surface area contributed by atoms with Gasteiger partial charge in [0.05, 0.1) is 16.8 Å². The molecule has 0 radical (unpaired) electrons. The van der Waals surface area contributed by atoms with Crippen LogP contribution in [0.2, 0.25) is 5.02 Å². The van der Waals surface area contributed by atoms with Crippen LogP contribution in [0.5, 0.6) is 0 Å². The van der Waals surface area contributed by atoms with E-state index in [1.54, 1.807) is 0 Å². The lowest BCUT2D eigenvalue weighted by Gasteiger charge is -2.37. The van der Waals surface area contributed by atoms with Gasteiger partial charge in [-0.05, 0) is 31.0 Å². The topological polar surface area (TPSA) is 52.7 Å². The third-order valence-electron chi connectivity index (χ3n) is 4.12. The maximum Gasteiger partial charge on any atom is 0.0679 e. The molecule has 1 atom stereocenters. The van der Waals surface area contributed by atoms with Crippen molar-refractivity contribution in [3.63, 3.8) is 0 Å². The molecule has 0 aromatic heterocycles. The molecule has 4 nitrogen and oxygen atoms in total. The van der Waals surface area contributed by atoms with Crippen LogP contribution < -0.4 is 10.6 Å². The molecule has 118 valence electrons. The number of rotatable bonds is 6. The molecular formula is C16H26ClN3O. The number of aryl methyl sites for hydroxylation is 1. The van der Waals surface area contributed by atoms with Crippen LogP contribution in [0.25, 0.3) is 0 Å². The van der Waals surface area contributed by atoms with E-state index in [0.29, 0.717) is 19.5 Å². The summed E-state index contributed by atoms with van der Waals surface area (Å²) in [6.07, 6.45) is 1.32. The largest absolute Gasteiger partial charge is 0.392 e. The molecule has 0 spiro atoms. The van der Waals surface area contributed by atoms with Crippen LogP contribution in [-0.4, -0.2) is 55.4 Å². The lowest BCUT2D eigenvalue weighted by atomic mass is 10.1. The van der Waals surface area contributed by atoms with Gasteiger partial charge in [0.1, 0.15) is 0 Å². The molecule has 21 heavy (non-hydrogen) atoms. The molecule has 1 aromatic carbocycles. The molecule has 1 heterocycles. The smallest absolute Gasteiger partial charge is 0.0679 e. The number of aliphatic hydroxyl groups excluding tert-OH is 1. The Bertz CT molecular complexity index is 447. The minimum absolute atomic E-state index is 0.312. The van der Waals surface area contributed by atoms with E-state index in [0.717, 1.165) is 43.3 Å². The SMILES string of the molecule is CCc1cccc(N2CCN(C[C@@H](O)CCN)CC2)c1Cl. The lowest BCUT2D eigenvalue weighted by Crippen LogP contribution is -2.48. The average Bonchev–Trinajstić information content (AvgIpc) is 2.49. The molecule has 1 aromatic rings. The van der Waals surface area contributed by atoms with Crippen LogP contribution in [0.1, 0.15) is 18.9 Å². The Labute approximate surface area is 132 Å². The molecule has 0 saturated carbocycles. The van der Waals surface area contributed by atoms with Crippen molar-refractivity contribution in [3.8, 4) is 0 Å². The van der Waals surface area contributed by atoms with Gasteiger partial charge in [-0.1, -0.05) is 30.7 Å². The van der Waals surface area contributed by atoms with E-state index >= 15 is 0 Å². The highest BCUT2D eigenvalue weighted by Gasteiger charge is 2.21. The highest BCUT2D eigenvalue weighted by molar-refractivity contribution is 6.34.